The van der Waals surface area contributed by atoms with E-state index in [4.69, 9.17) is 0 Å². The normalized spacial score (nSPS) is 23.6. The van der Waals surface area contributed by atoms with Gasteiger partial charge in [0.1, 0.15) is 0 Å². The third-order valence-corrected chi connectivity index (χ3v) is 0.982. The molecule has 0 radical (unpaired) electrons. The summed E-state index contributed by atoms with van der Waals surface area (Å²) in [6.07, 6.45) is 4.17. The summed E-state index contributed by atoms with van der Waals surface area (Å²) < 4.78 is 0. The van der Waals surface area contributed by atoms with Gasteiger partial charge in [0.25, 0.3) is 0 Å². The molecule has 1 atom stereocenters. The van der Waals surface area contributed by atoms with E-state index in [1.165, 1.54) is 0 Å². The van der Waals surface area contributed by atoms with Gasteiger partial charge in [-0.15, -0.1) is 0 Å². The van der Waals surface area contributed by atoms with E-state index < -0.39 is 0 Å². The summed E-state index contributed by atoms with van der Waals surface area (Å²) in [4.78, 5) is 0. The van der Waals surface area contributed by atoms with Gasteiger partial charge in [0.15, 0.2) is 0 Å². The Kier molecular flexibility index (Phi) is 4.42. The summed E-state index contributed by atoms with van der Waals surface area (Å²) in [6, 6.07) is 0. The predicted molar refractivity (Wildman–Crippen MR) is 37.7 cm³/mol. The second kappa shape index (κ2) is 4.69. The average molecular weight is 113 g/mol. The summed E-state index contributed by atoms with van der Waals surface area (Å²) in [6.45, 7) is 7.32. The van der Waals surface area contributed by atoms with Crippen LogP contribution in [0.2, 0.25) is 0 Å². The third kappa shape index (κ3) is 2.67. The molecule has 48 valence electrons. The molecule has 1 N–H and O–H groups in total. The van der Waals surface area contributed by atoms with Crippen LogP contribution in [-0.2, 0) is 0 Å². The van der Waals surface area contributed by atoms with Crippen molar-refractivity contribution < 1.29 is 0 Å². The number of hydrogen-bond donors (Lipinski definition) is 1. The molecule has 0 aliphatic carbocycles. The number of nitrogens with one attached hydrogen (secondary N) is 1. The molecule has 0 saturated heterocycles. The molecule has 0 aromatic rings. The summed E-state index contributed by atoms with van der Waals surface area (Å²) in [7, 11) is 0. The maximum atomic E-state index is 3.09. The van der Waals surface area contributed by atoms with E-state index in [0.29, 0.717) is 0 Å². The Labute approximate surface area is 51.8 Å². The van der Waals surface area contributed by atoms with Gasteiger partial charge in [-0.25, -0.2) is 0 Å². The zero-order chi connectivity index (χ0) is 6.41. The average Bonchev–Trinajstić information content (AvgIpc) is 2.24. The minimum Gasteiger partial charge on any atom is -0.391 e. The molecule has 0 fully saturated rings. The Morgan fingerprint density at radius 3 is 2.25 bits per heavy atom. The van der Waals surface area contributed by atoms with E-state index in [1.807, 2.05) is 20.0 Å². The molecule has 0 bridgehead atoms. The first-order valence-corrected chi connectivity index (χ1v) is 3.29. The highest BCUT2D eigenvalue weighted by Crippen LogP contribution is 1.98. The van der Waals surface area contributed by atoms with Crippen molar-refractivity contribution in [1.82, 2.24) is 5.32 Å². The van der Waals surface area contributed by atoms with Crippen LogP contribution in [0.5, 0.6) is 0 Å². The molecule has 8 heavy (non-hydrogen) atoms. The lowest BCUT2D eigenvalue weighted by Crippen LogP contribution is -2.04. The molecule has 0 aromatic heterocycles. The van der Waals surface area contributed by atoms with Gasteiger partial charge >= 0.3 is 0 Å². The molecule has 0 spiro atoms. The molecule has 0 saturated carbocycles. The first kappa shape index (κ1) is 7.54. The molecule has 1 unspecified atom stereocenters. The Hall–Kier alpha value is -0.460. The standard InChI is InChI=1S/C5H9N.C2H6/c1-5-2-3-6-4-5;1-2/h2-3,5-6H,4H2,1H3;1-2H3. The zero-order valence-electron chi connectivity index (χ0n) is 5.94. The third-order valence-electron chi connectivity index (χ3n) is 0.982. The number of hydrogen-bond acceptors (Lipinski definition) is 1. The van der Waals surface area contributed by atoms with Gasteiger partial charge in [0, 0.05) is 6.54 Å². The van der Waals surface area contributed by atoms with Crippen molar-refractivity contribution >= 4 is 0 Å². The Balaban J connectivity index is 0.000000222. The van der Waals surface area contributed by atoms with E-state index in [9.17, 15) is 0 Å². The fourth-order valence-corrected chi connectivity index (χ4v) is 0.554. The van der Waals surface area contributed by atoms with Gasteiger partial charge in [-0.05, 0) is 12.1 Å². The second-order valence-corrected chi connectivity index (χ2v) is 1.74. The van der Waals surface area contributed by atoms with E-state index in [-0.39, 0.29) is 0 Å². The molecule has 0 aromatic carbocycles. The van der Waals surface area contributed by atoms with Crippen LogP contribution in [0.25, 0.3) is 0 Å². The SMILES string of the molecule is CC.CC1C=CNC1. The Morgan fingerprint density at radius 2 is 2.12 bits per heavy atom. The lowest BCUT2D eigenvalue weighted by Gasteiger charge is -1.91. The van der Waals surface area contributed by atoms with Crippen LogP contribution in [0.4, 0.5) is 0 Å². The lowest BCUT2D eigenvalue weighted by atomic mass is 10.2. The lowest BCUT2D eigenvalue weighted by molar-refractivity contribution is 0.724. The van der Waals surface area contributed by atoms with Crippen LogP contribution in [0.15, 0.2) is 12.3 Å². The van der Waals surface area contributed by atoms with Crippen molar-refractivity contribution in [3.05, 3.63) is 12.3 Å². The minimum absolute atomic E-state index is 0.755. The molecule has 1 heteroatoms. The monoisotopic (exact) mass is 113 g/mol. The van der Waals surface area contributed by atoms with Gasteiger partial charge < -0.3 is 5.32 Å². The minimum atomic E-state index is 0.755. The Morgan fingerprint density at radius 1 is 1.50 bits per heavy atom. The predicted octanol–water partition coefficient (Wildman–Crippen LogP) is 1.77. The highest BCUT2D eigenvalue weighted by Gasteiger charge is 1.97. The van der Waals surface area contributed by atoms with Crippen molar-refractivity contribution in [2.45, 2.75) is 20.8 Å². The van der Waals surface area contributed by atoms with Gasteiger partial charge in [-0.3, -0.25) is 0 Å². The van der Waals surface area contributed by atoms with Crippen molar-refractivity contribution in [1.29, 1.82) is 0 Å². The van der Waals surface area contributed by atoms with Crippen LogP contribution >= 0.6 is 0 Å². The number of rotatable bonds is 0. The van der Waals surface area contributed by atoms with Gasteiger partial charge in [-0.1, -0.05) is 26.8 Å². The molecule has 0 amide bonds. The maximum Gasteiger partial charge on any atom is 0.0202 e. The van der Waals surface area contributed by atoms with Crippen LogP contribution in [0, 0.1) is 5.92 Å². The van der Waals surface area contributed by atoms with Crippen LogP contribution in [-0.4, -0.2) is 6.54 Å². The molecule has 1 aliphatic heterocycles. The summed E-state index contributed by atoms with van der Waals surface area (Å²) in [5.74, 6) is 0.755. The van der Waals surface area contributed by atoms with Crippen LogP contribution < -0.4 is 5.32 Å². The quantitative estimate of drug-likeness (QED) is 0.505. The topological polar surface area (TPSA) is 12.0 Å². The largest absolute Gasteiger partial charge is 0.391 e. The summed E-state index contributed by atoms with van der Waals surface area (Å²) in [5, 5.41) is 3.09. The zero-order valence-corrected chi connectivity index (χ0v) is 5.94. The Bertz CT molecular complexity index is 66.8. The van der Waals surface area contributed by atoms with Crippen LogP contribution in [0.1, 0.15) is 20.8 Å². The van der Waals surface area contributed by atoms with Crippen molar-refractivity contribution in [2.75, 3.05) is 6.54 Å². The van der Waals surface area contributed by atoms with Crippen molar-refractivity contribution in [3.8, 4) is 0 Å². The molecule has 1 nitrogen and oxygen atoms in total. The van der Waals surface area contributed by atoms with Gasteiger partial charge in [0.2, 0.25) is 0 Å². The van der Waals surface area contributed by atoms with Gasteiger partial charge in [0.05, 0.1) is 0 Å². The molecular formula is C7H15N. The molecule has 1 aliphatic rings. The van der Waals surface area contributed by atoms with E-state index >= 15 is 0 Å². The van der Waals surface area contributed by atoms with E-state index in [1.54, 1.807) is 0 Å². The summed E-state index contributed by atoms with van der Waals surface area (Å²) in [5.41, 5.74) is 0. The van der Waals surface area contributed by atoms with Crippen LogP contribution in [0.3, 0.4) is 0 Å². The van der Waals surface area contributed by atoms with E-state index in [2.05, 4.69) is 18.3 Å². The second-order valence-electron chi connectivity index (χ2n) is 1.74. The first-order valence-electron chi connectivity index (χ1n) is 3.29. The smallest absolute Gasteiger partial charge is 0.0202 e. The fraction of sp³-hybridized carbons (Fsp3) is 0.714. The molecular weight excluding hydrogens is 98.1 g/mol. The van der Waals surface area contributed by atoms with Crippen molar-refractivity contribution in [3.63, 3.8) is 0 Å². The molecule has 1 heterocycles. The first-order chi connectivity index (χ1) is 3.89. The maximum absolute atomic E-state index is 3.09. The van der Waals surface area contributed by atoms with Gasteiger partial charge in [-0.2, -0.15) is 0 Å². The van der Waals surface area contributed by atoms with E-state index in [0.717, 1.165) is 12.5 Å². The highest BCUT2D eigenvalue weighted by molar-refractivity contribution is 4.92. The van der Waals surface area contributed by atoms with Crippen molar-refractivity contribution in [2.24, 2.45) is 5.92 Å². The fourth-order valence-electron chi connectivity index (χ4n) is 0.554. The molecule has 1 rings (SSSR count). The highest BCUT2D eigenvalue weighted by atomic mass is 14.8. The summed E-state index contributed by atoms with van der Waals surface area (Å²) >= 11 is 0.